The van der Waals surface area contributed by atoms with Gasteiger partial charge in [0.05, 0.1) is 11.0 Å². The first kappa shape index (κ1) is 20.3. The van der Waals surface area contributed by atoms with Gasteiger partial charge >= 0.3 is 0 Å². The first-order valence-corrected chi connectivity index (χ1v) is 12.3. The van der Waals surface area contributed by atoms with Crippen molar-refractivity contribution in [3.8, 4) is 11.5 Å². The van der Waals surface area contributed by atoms with Crippen LogP contribution in [0.4, 0.5) is 0 Å². The van der Waals surface area contributed by atoms with Gasteiger partial charge < -0.3 is 15.2 Å². The number of carbonyl (C=O) groups excluding carboxylic acids is 2. The summed E-state index contributed by atoms with van der Waals surface area (Å²) in [6.45, 7) is 1.89. The molecular formula is C28H28N2O4. The Morgan fingerprint density at radius 1 is 1.18 bits per heavy atom. The van der Waals surface area contributed by atoms with E-state index < -0.39 is 17.1 Å². The molecule has 0 aromatic heterocycles. The van der Waals surface area contributed by atoms with Gasteiger partial charge in [-0.25, -0.2) is 0 Å². The van der Waals surface area contributed by atoms with Crippen molar-refractivity contribution in [3.05, 3.63) is 64.7 Å². The van der Waals surface area contributed by atoms with Gasteiger partial charge in [0.15, 0.2) is 23.4 Å². The lowest BCUT2D eigenvalue weighted by atomic mass is 9.46. The predicted molar refractivity (Wildman–Crippen MR) is 127 cm³/mol. The lowest BCUT2D eigenvalue weighted by molar-refractivity contribution is -0.140. The number of Topliss-reactive ketones (excluding diaryl/α,β-unsaturated/α-hetero) is 1. The number of phenols is 1. The minimum atomic E-state index is -0.753. The highest BCUT2D eigenvalue weighted by Gasteiger charge is 2.74. The van der Waals surface area contributed by atoms with Crippen molar-refractivity contribution in [1.82, 2.24) is 10.2 Å². The number of carbonyl (C=O) groups is 2. The van der Waals surface area contributed by atoms with Crippen molar-refractivity contribution in [2.24, 2.45) is 5.92 Å². The largest absolute Gasteiger partial charge is 0.504 e. The van der Waals surface area contributed by atoms with Crippen LogP contribution in [0.15, 0.2) is 48.0 Å². The maximum absolute atomic E-state index is 14.0. The van der Waals surface area contributed by atoms with E-state index >= 15 is 0 Å². The molecule has 2 bridgehead atoms. The first-order valence-electron chi connectivity index (χ1n) is 12.3. The molecule has 6 heteroatoms. The molecule has 174 valence electrons. The second-order valence-corrected chi connectivity index (χ2v) is 10.7. The Kier molecular flexibility index (Phi) is 4.14. The number of ether oxygens (including phenoxy) is 1. The number of amides is 1. The van der Waals surface area contributed by atoms with Gasteiger partial charge in [0.1, 0.15) is 0 Å². The van der Waals surface area contributed by atoms with Crippen LogP contribution in [0.1, 0.15) is 42.4 Å². The summed E-state index contributed by atoms with van der Waals surface area (Å²) in [4.78, 5) is 28.8. The molecule has 0 radical (unpaired) electrons. The summed E-state index contributed by atoms with van der Waals surface area (Å²) in [5, 5.41) is 14.0. The lowest BCUT2D eigenvalue weighted by Gasteiger charge is -2.65. The van der Waals surface area contributed by atoms with E-state index in [2.05, 4.69) is 10.2 Å². The molecule has 2 aromatic carbocycles. The highest BCUT2D eigenvalue weighted by atomic mass is 16.5. The van der Waals surface area contributed by atoms with Crippen LogP contribution in [0.25, 0.3) is 6.08 Å². The molecule has 3 fully saturated rings. The number of aromatic hydroxyl groups is 1. The molecule has 2 saturated carbocycles. The van der Waals surface area contributed by atoms with Crippen LogP contribution in [0, 0.1) is 5.92 Å². The average Bonchev–Trinajstić information content (AvgIpc) is 3.58. The number of hydrogen-bond acceptors (Lipinski definition) is 5. The molecule has 1 spiro atoms. The first-order chi connectivity index (χ1) is 16.6. The molecule has 1 amide bonds. The van der Waals surface area contributed by atoms with Gasteiger partial charge in [-0.15, -0.1) is 0 Å². The summed E-state index contributed by atoms with van der Waals surface area (Å²) in [7, 11) is 0. The van der Waals surface area contributed by atoms with Crippen molar-refractivity contribution >= 4 is 18.3 Å². The van der Waals surface area contributed by atoms with Gasteiger partial charge in [0.25, 0.3) is 0 Å². The maximum Gasteiger partial charge on any atom is 0.207 e. The molecule has 4 atom stereocenters. The van der Waals surface area contributed by atoms with E-state index in [1.807, 2.05) is 42.5 Å². The molecule has 2 aromatic rings. The zero-order valence-electron chi connectivity index (χ0n) is 19.0. The maximum atomic E-state index is 14.0. The van der Waals surface area contributed by atoms with E-state index in [-0.39, 0.29) is 17.6 Å². The molecule has 6 nitrogen and oxygen atoms in total. The zero-order valence-corrected chi connectivity index (χ0v) is 19.0. The van der Waals surface area contributed by atoms with Crippen molar-refractivity contribution in [2.75, 3.05) is 13.1 Å². The summed E-state index contributed by atoms with van der Waals surface area (Å²) >= 11 is 0. The molecular weight excluding hydrogens is 428 g/mol. The molecule has 2 aliphatic heterocycles. The van der Waals surface area contributed by atoms with Gasteiger partial charge in [-0.2, -0.15) is 0 Å². The van der Waals surface area contributed by atoms with Crippen LogP contribution in [-0.4, -0.2) is 53.0 Å². The molecule has 34 heavy (non-hydrogen) atoms. The number of nitrogens with zero attached hydrogens (tertiary/aromatic N) is 1. The van der Waals surface area contributed by atoms with Crippen LogP contribution in [-0.2, 0) is 21.4 Å². The van der Waals surface area contributed by atoms with Crippen molar-refractivity contribution < 1.29 is 19.4 Å². The van der Waals surface area contributed by atoms with Gasteiger partial charge in [-0.3, -0.25) is 14.5 Å². The number of nitrogens with one attached hydrogen (secondary N) is 1. The molecule has 1 unspecified atom stereocenters. The van der Waals surface area contributed by atoms with Crippen LogP contribution < -0.4 is 10.1 Å². The SMILES string of the molecule is O=CN[C@@]12C/C(=C/c3ccccc3)C(=O)[C@@H]3Oc4c(O)ccc5c4[C@@]31CCN(CC1CC1)C2C5. The van der Waals surface area contributed by atoms with Crippen LogP contribution in [0.2, 0.25) is 0 Å². The van der Waals surface area contributed by atoms with Gasteiger partial charge in [-0.05, 0) is 61.4 Å². The molecule has 3 aliphatic carbocycles. The summed E-state index contributed by atoms with van der Waals surface area (Å²) < 4.78 is 6.37. The highest BCUT2D eigenvalue weighted by Crippen LogP contribution is 2.65. The molecule has 7 rings (SSSR count). The summed E-state index contributed by atoms with van der Waals surface area (Å²) in [5.41, 5.74) is 2.36. The van der Waals surface area contributed by atoms with Crippen molar-refractivity contribution in [1.29, 1.82) is 0 Å². The minimum absolute atomic E-state index is 0.0370. The smallest absolute Gasteiger partial charge is 0.207 e. The van der Waals surface area contributed by atoms with E-state index in [9.17, 15) is 14.7 Å². The predicted octanol–water partition coefficient (Wildman–Crippen LogP) is 2.97. The quantitative estimate of drug-likeness (QED) is 0.534. The third-order valence-corrected chi connectivity index (χ3v) is 9.04. The van der Waals surface area contributed by atoms with Crippen LogP contribution in [0.3, 0.4) is 0 Å². The highest BCUT2D eigenvalue weighted by molar-refractivity contribution is 6.06. The Morgan fingerprint density at radius 2 is 2.00 bits per heavy atom. The van der Waals surface area contributed by atoms with Crippen LogP contribution in [0.5, 0.6) is 11.5 Å². The Hall–Kier alpha value is -3.12. The number of hydrogen-bond donors (Lipinski definition) is 2. The van der Waals surface area contributed by atoms with Gasteiger partial charge in [0, 0.05) is 30.1 Å². The molecule has 1 saturated heterocycles. The van der Waals surface area contributed by atoms with Crippen LogP contribution >= 0.6 is 0 Å². The molecule has 5 aliphatic rings. The lowest BCUT2D eigenvalue weighted by Crippen LogP contribution is -2.81. The third kappa shape index (κ3) is 2.49. The normalized spacial score (nSPS) is 34.5. The number of benzene rings is 2. The number of phenolic OH excluding ortho intramolecular Hbond substituents is 1. The fourth-order valence-corrected chi connectivity index (χ4v) is 7.49. The Morgan fingerprint density at radius 3 is 2.76 bits per heavy atom. The minimum Gasteiger partial charge on any atom is -0.504 e. The summed E-state index contributed by atoms with van der Waals surface area (Å²) in [5.74, 6) is 1.19. The second-order valence-electron chi connectivity index (χ2n) is 10.7. The van der Waals surface area contributed by atoms with E-state index in [1.54, 1.807) is 6.07 Å². The second kappa shape index (κ2) is 6.95. The summed E-state index contributed by atoms with van der Waals surface area (Å²) in [6.07, 6.45) is 6.48. The van der Waals surface area contributed by atoms with Gasteiger partial charge in [0.2, 0.25) is 6.41 Å². The van der Waals surface area contributed by atoms with Gasteiger partial charge in [-0.1, -0.05) is 36.4 Å². The van der Waals surface area contributed by atoms with E-state index in [1.165, 1.54) is 12.8 Å². The van der Waals surface area contributed by atoms with E-state index in [4.69, 9.17) is 4.74 Å². The zero-order chi connectivity index (χ0) is 23.1. The topological polar surface area (TPSA) is 78.9 Å². The fourth-order valence-electron chi connectivity index (χ4n) is 7.49. The molecule has 2 N–H and O–H groups in total. The van der Waals surface area contributed by atoms with Crippen molar-refractivity contribution in [3.63, 3.8) is 0 Å². The Labute approximate surface area is 198 Å². The van der Waals surface area contributed by atoms with E-state index in [0.717, 1.165) is 54.9 Å². The standard InChI is InChI=1S/C28H28N2O4/c31-16-29-28-14-20(12-17-4-2-1-3-5-17)24(33)26-27(28)10-11-30(15-18-6-7-18)22(28)13-19-8-9-21(32)25(34-26)23(19)27/h1-5,8-9,12,16,18,22,26,32H,6-7,10-11,13-15H2,(H,29,31)/b20-12-/t22?,26-,27-,28+/m0/s1. The Balaban J connectivity index is 1.46. The Bertz CT molecular complexity index is 1240. The number of rotatable bonds is 5. The monoisotopic (exact) mass is 456 g/mol. The summed E-state index contributed by atoms with van der Waals surface area (Å²) in [6, 6.07) is 13.6. The van der Waals surface area contributed by atoms with E-state index in [0.29, 0.717) is 17.7 Å². The number of likely N-dealkylation sites (tertiary alicyclic amines) is 1. The fraction of sp³-hybridized carbons (Fsp3) is 0.429. The van der Waals surface area contributed by atoms with Crippen molar-refractivity contribution in [2.45, 2.75) is 55.2 Å². The average molecular weight is 457 g/mol. The number of ketones is 1. The number of piperidine rings is 1. The molecule has 2 heterocycles. The third-order valence-electron chi connectivity index (χ3n) is 9.04.